The lowest BCUT2D eigenvalue weighted by molar-refractivity contribution is -0.131. The van der Waals surface area contributed by atoms with Crippen molar-refractivity contribution in [3.8, 4) is 0 Å². The number of nitrogens with two attached hydrogens (primary N) is 1. The zero-order valence-corrected chi connectivity index (χ0v) is 18.7. The van der Waals surface area contributed by atoms with Gasteiger partial charge in [0.15, 0.2) is 5.78 Å². The van der Waals surface area contributed by atoms with Crippen LogP contribution in [0.4, 0.5) is 15.8 Å². The van der Waals surface area contributed by atoms with Crippen molar-refractivity contribution in [3.05, 3.63) is 95.3 Å². The Kier molecular flexibility index (Phi) is 7.01. The van der Waals surface area contributed by atoms with Gasteiger partial charge in [0.25, 0.3) is 5.91 Å². The second-order valence-corrected chi connectivity index (χ2v) is 8.44. The molecule has 1 aliphatic heterocycles. The highest BCUT2D eigenvalue weighted by Crippen LogP contribution is 2.23. The molecule has 0 radical (unpaired) electrons. The maximum atomic E-state index is 13.1. The molecule has 0 aromatic heterocycles. The van der Waals surface area contributed by atoms with E-state index in [-0.39, 0.29) is 35.8 Å². The number of nitrogens with zero attached hydrogens (tertiary/aromatic N) is 1. The maximum absolute atomic E-state index is 13.1. The topological polar surface area (TPSA) is 92.5 Å². The summed E-state index contributed by atoms with van der Waals surface area (Å²) in [4.78, 5) is 39.6. The van der Waals surface area contributed by atoms with Gasteiger partial charge in [-0.1, -0.05) is 24.3 Å². The molecule has 0 atom stereocenters. The second kappa shape index (κ2) is 10.3. The Morgan fingerprint density at radius 2 is 1.50 bits per heavy atom. The second-order valence-electron chi connectivity index (χ2n) is 8.44. The van der Waals surface area contributed by atoms with Crippen LogP contribution in [0.5, 0.6) is 0 Å². The Balaban J connectivity index is 1.28. The first kappa shape index (κ1) is 23.2. The van der Waals surface area contributed by atoms with E-state index < -0.39 is 0 Å². The van der Waals surface area contributed by atoms with Crippen LogP contribution in [-0.4, -0.2) is 35.6 Å². The van der Waals surface area contributed by atoms with E-state index in [1.54, 1.807) is 53.4 Å². The van der Waals surface area contributed by atoms with Crippen LogP contribution in [0, 0.1) is 11.7 Å². The molecule has 7 heteroatoms. The van der Waals surface area contributed by atoms with Crippen molar-refractivity contribution in [2.45, 2.75) is 19.3 Å². The molecule has 0 saturated carbocycles. The third-order valence-electron chi connectivity index (χ3n) is 6.13. The Morgan fingerprint density at radius 1 is 0.882 bits per heavy atom. The van der Waals surface area contributed by atoms with E-state index in [9.17, 15) is 18.8 Å². The van der Waals surface area contributed by atoms with Crippen molar-refractivity contribution in [1.29, 1.82) is 0 Å². The number of Topliss-reactive ketones (excluding diaryl/α,β-unsaturated/α-hetero) is 1. The van der Waals surface area contributed by atoms with Gasteiger partial charge in [-0.3, -0.25) is 14.4 Å². The molecule has 0 unspecified atom stereocenters. The van der Waals surface area contributed by atoms with Crippen LogP contribution < -0.4 is 11.1 Å². The fourth-order valence-corrected chi connectivity index (χ4v) is 4.11. The number of carbonyl (C=O) groups excluding carboxylic acids is 3. The number of amides is 2. The first-order chi connectivity index (χ1) is 16.4. The summed E-state index contributed by atoms with van der Waals surface area (Å²) in [5.74, 6) is -0.818. The lowest BCUT2D eigenvalue weighted by atomic mass is 9.88. The molecule has 1 heterocycles. The third kappa shape index (κ3) is 5.49. The molecular formula is C27H26FN3O3. The normalized spacial score (nSPS) is 14.0. The molecule has 4 rings (SSSR count). The van der Waals surface area contributed by atoms with E-state index in [1.807, 2.05) is 0 Å². The minimum atomic E-state index is -0.369. The van der Waals surface area contributed by atoms with Crippen molar-refractivity contribution < 1.29 is 18.8 Å². The van der Waals surface area contributed by atoms with Crippen LogP contribution in [0.25, 0.3) is 0 Å². The van der Waals surface area contributed by atoms with Gasteiger partial charge in [-0.25, -0.2) is 4.39 Å². The summed E-state index contributed by atoms with van der Waals surface area (Å²) in [6.45, 7) is 1.02. The van der Waals surface area contributed by atoms with Crippen LogP contribution in [-0.2, 0) is 11.2 Å². The number of benzene rings is 3. The van der Waals surface area contributed by atoms with Gasteiger partial charge in [-0.05, 0) is 66.9 Å². The molecule has 3 aromatic carbocycles. The molecule has 1 saturated heterocycles. The number of para-hydroxylation sites is 2. The zero-order chi connectivity index (χ0) is 24.1. The van der Waals surface area contributed by atoms with E-state index in [4.69, 9.17) is 5.73 Å². The number of anilines is 2. The molecule has 3 aromatic rings. The predicted molar refractivity (Wildman–Crippen MR) is 129 cm³/mol. The number of nitrogens with one attached hydrogen (secondary N) is 1. The quantitative estimate of drug-likeness (QED) is 0.424. The summed E-state index contributed by atoms with van der Waals surface area (Å²) in [6, 6.07) is 19.5. The van der Waals surface area contributed by atoms with Gasteiger partial charge in [-0.2, -0.15) is 0 Å². The Morgan fingerprint density at radius 3 is 2.15 bits per heavy atom. The van der Waals surface area contributed by atoms with Crippen LogP contribution in [0.15, 0.2) is 72.8 Å². The van der Waals surface area contributed by atoms with E-state index >= 15 is 0 Å². The van der Waals surface area contributed by atoms with Crippen molar-refractivity contribution in [2.75, 3.05) is 24.1 Å². The average molecular weight is 460 g/mol. The summed E-state index contributed by atoms with van der Waals surface area (Å²) in [7, 11) is 0. The fourth-order valence-electron chi connectivity index (χ4n) is 4.11. The number of rotatable bonds is 6. The molecule has 0 aliphatic carbocycles. The van der Waals surface area contributed by atoms with Crippen molar-refractivity contribution in [2.24, 2.45) is 5.92 Å². The first-order valence-corrected chi connectivity index (χ1v) is 11.2. The lowest BCUT2D eigenvalue weighted by Gasteiger charge is -2.31. The van der Waals surface area contributed by atoms with E-state index in [1.165, 1.54) is 24.3 Å². The molecule has 1 fully saturated rings. The van der Waals surface area contributed by atoms with Gasteiger partial charge in [0.05, 0.1) is 17.8 Å². The molecule has 6 nitrogen and oxygen atoms in total. The monoisotopic (exact) mass is 459 g/mol. The van der Waals surface area contributed by atoms with Gasteiger partial charge < -0.3 is 16.0 Å². The standard InChI is InChI=1S/C27H26FN3O3/c28-22-11-9-19(10-12-22)26(33)20-13-15-31(16-14-20)25(32)17-18-5-7-21(8-6-18)27(34)30-24-4-2-1-3-23(24)29/h1-12,20H,13-17,29H2,(H,30,34). The SMILES string of the molecule is Nc1ccccc1NC(=O)c1ccc(CC(=O)N2CCC(C(=O)c3ccc(F)cc3)CC2)cc1. The first-order valence-electron chi connectivity index (χ1n) is 11.2. The smallest absolute Gasteiger partial charge is 0.255 e. The van der Waals surface area contributed by atoms with Gasteiger partial charge in [-0.15, -0.1) is 0 Å². The minimum Gasteiger partial charge on any atom is -0.397 e. The number of carbonyl (C=O) groups is 3. The summed E-state index contributed by atoms with van der Waals surface area (Å²) >= 11 is 0. The van der Waals surface area contributed by atoms with Crippen LogP contribution in [0.2, 0.25) is 0 Å². The van der Waals surface area contributed by atoms with Gasteiger partial charge in [0.2, 0.25) is 5.91 Å². The number of ketones is 1. The van der Waals surface area contributed by atoms with Crippen LogP contribution in [0.1, 0.15) is 39.1 Å². The predicted octanol–water partition coefficient (Wildman–Crippen LogP) is 4.32. The highest BCUT2D eigenvalue weighted by atomic mass is 19.1. The summed E-state index contributed by atoms with van der Waals surface area (Å²) in [5.41, 5.74) is 8.69. The van der Waals surface area contributed by atoms with Crippen LogP contribution in [0.3, 0.4) is 0 Å². The molecule has 2 amide bonds. The highest BCUT2D eigenvalue weighted by Gasteiger charge is 2.28. The molecule has 1 aliphatic rings. The van der Waals surface area contributed by atoms with Crippen LogP contribution >= 0.6 is 0 Å². The summed E-state index contributed by atoms with van der Waals surface area (Å²) < 4.78 is 13.1. The molecule has 0 spiro atoms. The number of piperidine rings is 1. The van der Waals surface area contributed by atoms with E-state index in [0.29, 0.717) is 48.4 Å². The summed E-state index contributed by atoms with van der Waals surface area (Å²) in [5, 5.41) is 2.78. The molecule has 34 heavy (non-hydrogen) atoms. The highest BCUT2D eigenvalue weighted by molar-refractivity contribution is 6.05. The summed E-state index contributed by atoms with van der Waals surface area (Å²) in [6.07, 6.45) is 1.40. The number of hydrogen-bond acceptors (Lipinski definition) is 4. The lowest BCUT2D eigenvalue weighted by Crippen LogP contribution is -2.41. The largest absolute Gasteiger partial charge is 0.397 e. The van der Waals surface area contributed by atoms with E-state index in [2.05, 4.69) is 5.32 Å². The molecule has 174 valence electrons. The van der Waals surface area contributed by atoms with Gasteiger partial charge >= 0.3 is 0 Å². The van der Waals surface area contributed by atoms with Crippen molar-refractivity contribution in [3.63, 3.8) is 0 Å². The number of halogens is 1. The van der Waals surface area contributed by atoms with Gasteiger partial charge in [0.1, 0.15) is 5.82 Å². The van der Waals surface area contributed by atoms with Gasteiger partial charge in [0, 0.05) is 30.1 Å². The number of likely N-dealkylation sites (tertiary alicyclic amines) is 1. The molecule has 3 N–H and O–H groups in total. The minimum absolute atomic E-state index is 0.00165. The average Bonchev–Trinajstić information content (AvgIpc) is 2.86. The number of nitrogen functional groups attached to an aromatic ring is 1. The zero-order valence-electron chi connectivity index (χ0n) is 18.7. The Labute approximate surface area is 197 Å². The van der Waals surface area contributed by atoms with Crippen molar-refractivity contribution >= 4 is 29.0 Å². The van der Waals surface area contributed by atoms with Crippen molar-refractivity contribution in [1.82, 2.24) is 4.90 Å². The third-order valence-corrected chi connectivity index (χ3v) is 6.13. The number of hydrogen-bond donors (Lipinski definition) is 2. The van der Waals surface area contributed by atoms with E-state index in [0.717, 1.165) is 5.56 Å². The molecule has 0 bridgehead atoms. The maximum Gasteiger partial charge on any atom is 0.255 e. The molecular weight excluding hydrogens is 433 g/mol. The Bertz CT molecular complexity index is 1180. The fraction of sp³-hybridized carbons (Fsp3) is 0.222. The Hall–Kier alpha value is -4.00.